The van der Waals surface area contributed by atoms with E-state index in [9.17, 15) is 4.79 Å². The average molecular weight is 340 g/mol. The SMILES string of the molecule is O=C1CS[C@@H](c2ccc(Br)cc2)N1C1CCCCC1. The molecule has 0 unspecified atom stereocenters. The van der Waals surface area contributed by atoms with Crippen molar-refractivity contribution in [3.05, 3.63) is 34.3 Å². The van der Waals surface area contributed by atoms with Crippen molar-refractivity contribution in [1.82, 2.24) is 4.90 Å². The van der Waals surface area contributed by atoms with Gasteiger partial charge in [0, 0.05) is 10.5 Å². The van der Waals surface area contributed by atoms with Crippen molar-refractivity contribution < 1.29 is 4.79 Å². The minimum Gasteiger partial charge on any atom is -0.323 e. The molecule has 102 valence electrons. The maximum atomic E-state index is 12.2. The number of rotatable bonds is 2. The van der Waals surface area contributed by atoms with E-state index in [0.29, 0.717) is 17.7 Å². The third kappa shape index (κ3) is 2.84. The lowest BCUT2D eigenvalue weighted by atomic mass is 9.93. The maximum absolute atomic E-state index is 12.2. The zero-order valence-corrected chi connectivity index (χ0v) is 13.3. The number of carbonyl (C=O) groups is 1. The van der Waals surface area contributed by atoms with Gasteiger partial charge in [-0.25, -0.2) is 0 Å². The van der Waals surface area contributed by atoms with Crippen LogP contribution in [0.4, 0.5) is 0 Å². The Labute approximate surface area is 127 Å². The molecule has 0 N–H and O–H groups in total. The molecule has 1 saturated carbocycles. The number of hydrogen-bond acceptors (Lipinski definition) is 2. The van der Waals surface area contributed by atoms with Gasteiger partial charge in [-0.2, -0.15) is 0 Å². The van der Waals surface area contributed by atoms with Crippen molar-refractivity contribution in [3.8, 4) is 0 Å². The molecule has 1 aliphatic carbocycles. The molecule has 1 aromatic rings. The van der Waals surface area contributed by atoms with Crippen LogP contribution in [0.5, 0.6) is 0 Å². The average Bonchev–Trinajstić information content (AvgIpc) is 2.82. The second-order valence-electron chi connectivity index (χ2n) is 5.31. The fourth-order valence-corrected chi connectivity index (χ4v) is 4.59. The van der Waals surface area contributed by atoms with Gasteiger partial charge in [-0.05, 0) is 30.5 Å². The Morgan fingerprint density at radius 3 is 2.47 bits per heavy atom. The fraction of sp³-hybridized carbons (Fsp3) is 0.533. The highest BCUT2D eigenvalue weighted by Gasteiger charge is 2.37. The highest BCUT2D eigenvalue weighted by molar-refractivity contribution is 9.10. The van der Waals surface area contributed by atoms with Gasteiger partial charge in [0.2, 0.25) is 5.91 Å². The van der Waals surface area contributed by atoms with Crippen molar-refractivity contribution in [2.75, 3.05) is 5.75 Å². The van der Waals surface area contributed by atoms with Crippen molar-refractivity contribution >= 4 is 33.6 Å². The van der Waals surface area contributed by atoms with E-state index in [1.165, 1.54) is 37.7 Å². The normalized spacial score (nSPS) is 25.0. The summed E-state index contributed by atoms with van der Waals surface area (Å²) in [5.41, 5.74) is 1.25. The molecule has 0 radical (unpaired) electrons. The van der Waals surface area contributed by atoms with Crippen molar-refractivity contribution in [2.24, 2.45) is 0 Å². The molecule has 0 spiro atoms. The molecular formula is C15H18BrNOS. The zero-order valence-electron chi connectivity index (χ0n) is 10.8. The van der Waals surface area contributed by atoms with Crippen LogP contribution in [0.2, 0.25) is 0 Å². The van der Waals surface area contributed by atoms with Gasteiger partial charge in [0.05, 0.1) is 5.75 Å². The molecule has 2 aliphatic rings. The standard InChI is InChI=1S/C15H18BrNOS/c16-12-8-6-11(7-9-12)15-17(14(18)10-19-15)13-4-2-1-3-5-13/h6-9,13,15H,1-5,10H2/t15-/m0/s1. The Kier molecular flexibility index (Phi) is 4.18. The fourth-order valence-electron chi connectivity index (χ4n) is 3.07. The molecule has 1 amide bonds. The van der Waals surface area contributed by atoms with Gasteiger partial charge in [-0.15, -0.1) is 11.8 Å². The van der Waals surface area contributed by atoms with Crippen molar-refractivity contribution in [3.63, 3.8) is 0 Å². The summed E-state index contributed by atoms with van der Waals surface area (Å²) in [6.45, 7) is 0. The molecule has 0 bridgehead atoms. The molecule has 1 aliphatic heterocycles. The first kappa shape index (κ1) is 13.5. The second kappa shape index (κ2) is 5.88. The molecule has 1 aromatic carbocycles. The topological polar surface area (TPSA) is 20.3 Å². The first-order valence-corrected chi connectivity index (χ1v) is 8.78. The summed E-state index contributed by atoms with van der Waals surface area (Å²) < 4.78 is 1.09. The maximum Gasteiger partial charge on any atom is 0.234 e. The lowest BCUT2D eigenvalue weighted by Crippen LogP contribution is -2.39. The molecule has 4 heteroatoms. The summed E-state index contributed by atoms with van der Waals surface area (Å²) in [6, 6.07) is 8.87. The van der Waals surface area contributed by atoms with Gasteiger partial charge < -0.3 is 4.90 Å². The minimum atomic E-state index is 0.226. The predicted octanol–water partition coefficient (Wildman–Crippen LogP) is 4.36. The van der Waals surface area contributed by atoms with Crippen LogP contribution < -0.4 is 0 Å². The Hall–Kier alpha value is -0.480. The molecule has 1 atom stereocenters. The molecule has 0 aromatic heterocycles. The van der Waals surface area contributed by atoms with Gasteiger partial charge in [-0.3, -0.25) is 4.79 Å². The Balaban J connectivity index is 1.83. The third-order valence-electron chi connectivity index (χ3n) is 4.03. The molecule has 1 heterocycles. The monoisotopic (exact) mass is 339 g/mol. The quantitative estimate of drug-likeness (QED) is 0.797. The molecular weight excluding hydrogens is 322 g/mol. The van der Waals surface area contributed by atoms with E-state index in [-0.39, 0.29) is 5.37 Å². The first-order valence-electron chi connectivity index (χ1n) is 6.94. The summed E-state index contributed by atoms with van der Waals surface area (Å²) in [7, 11) is 0. The van der Waals surface area contributed by atoms with E-state index < -0.39 is 0 Å². The van der Waals surface area contributed by atoms with Crippen LogP contribution >= 0.6 is 27.7 Å². The number of benzene rings is 1. The van der Waals surface area contributed by atoms with Crippen LogP contribution in [0.15, 0.2) is 28.7 Å². The van der Waals surface area contributed by atoms with Gasteiger partial charge >= 0.3 is 0 Å². The summed E-state index contributed by atoms with van der Waals surface area (Å²) in [5.74, 6) is 0.960. The zero-order chi connectivity index (χ0) is 13.2. The molecule has 1 saturated heterocycles. The van der Waals surface area contributed by atoms with E-state index in [1.54, 1.807) is 11.8 Å². The Morgan fingerprint density at radius 2 is 1.79 bits per heavy atom. The highest BCUT2D eigenvalue weighted by atomic mass is 79.9. The van der Waals surface area contributed by atoms with Crippen LogP contribution in [-0.2, 0) is 4.79 Å². The van der Waals surface area contributed by atoms with Crippen molar-refractivity contribution in [1.29, 1.82) is 0 Å². The van der Waals surface area contributed by atoms with E-state index >= 15 is 0 Å². The molecule has 3 rings (SSSR count). The molecule has 2 nitrogen and oxygen atoms in total. The van der Waals surface area contributed by atoms with E-state index in [1.807, 2.05) is 0 Å². The lowest BCUT2D eigenvalue weighted by Gasteiger charge is -2.35. The largest absolute Gasteiger partial charge is 0.323 e. The number of thioether (sulfide) groups is 1. The molecule has 2 fully saturated rings. The number of hydrogen-bond donors (Lipinski definition) is 0. The number of halogens is 1. The summed E-state index contributed by atoms with van der Waals surface area (Å²) >= 11 is 5.24. The van der Waals surface area contributed by atoms with Crippen molar-refractivity contribution in [2.45, 2.75) is 43.5 Å². The minimum absolute atomic E-state index is 0.226. The van der Waals surface area contributed by atoms with Gasteiger partial charge in [0.25, 0.3) is 0 Å². The second-order valence-corrected chi connectivity index (χ2v) is 7.29. The van der Waals surface area contributed by atoms with Crippen LogP contribution in [0, 0.1) is 0 Å². The van der Waals surface area contributed by atoms with E-state index in [4.69, 9.17) is 0 Å². The summed E-state index contributed by atoms with van der Waals surface area (Å²) in [6.07, 6.45) is 6.23. The van der Waals surface area contributed by atoms with E-state index in [0.717, 1.165) is 4.47 Å². The van der Waals surface area contributed by atoms with Gasteiger partial charge in [0.1, 0.15) is 5.37 Å². The molecule has 19 heavy (non-hydrogen) atoms. The first-order chi connectivity index (χ1) is 9.25. The lowest BCUT2D eigenvalue weighted by molar-refractivity contribution is -0.131. The highest BCUT2D eigenvalue weighted by Crippen LogP contribution is 2.42. The third-order valence-corrected chi connectivity index (χ3v) is 5.79. The summed E-state index contributed by atoms with van der Waals surface area (Å²) in [5, 5.41) is 0.226. The van der Waals surface area contributed by atoms with Crippen LogP contribution in [0.1, 0.15) is 43.0 Å². The number of carbonyl (C=O) groups excluding carboxylic acids is 1. The number of nitrogens with zero attached hydrogens (tertiary/aromatic N) is 1. The number of amides is 1. The van der Waals surface area contributed by atoms with Crippen LogP contribution in [0.25, 0.3) is 0 Å². The summed E-state index contributed by atoms with van der Waals surface area (Å²) in [4.78, 5) is 14.4. The van der Waals surface area contributed by atoms with E-state index in [2.05, 4.69) is 45.1 Å². The van der Waals surface area contributed by atoms with Crippen LogP contribution in [-0.4, -0.2) is 22.6 Å². The van der Waals surface area contributed by atoms with Crippen LogP contribution in [0.3, 0.4) is 0 Å². The van der Waals surface area contributed by atoms with Gasteiger partial charge in [0.15, 0.2) is 0 Å². The van der Waals surface area contributed by atoms with Gasteiger partial charge in [-0.1, -0.05) is 47.3 Å². The smallest absolute Gasteiger partial charge is 0.234 e. The Morgan fingerprint density at radius 1 is 1.11 bits per heavy atom. The Bertz CT molecular complexity index is 456. The predicted molar refractivity (Wildman–Crippen MR) is 83.1 cm³/mol.